The maximum Gasteiger partial charge on any atom is 0.0484 e. The van der Waals surface area contributed by atoms with Crippen molar-refractivity contribution in [3.63, 3.8) is 0 Å². The Morgan fingerprint density at radius 3 is 2.88 bits per heavy atom. The normalized spacial score (nSPS) is 11.2. The number of rotatable bonds is 5. The Kier molecular flexibility index (Phi) is 4.08. The topological polar surface area (TPSA) is 14.2 Å². The van der Waals surface area contributed by atoms with Crippen LogP contribution in [0, 0.1) is 0 Å². The summed E-state index contributed by atoms with van der Waals surface area (Å²) in [6.07, 6.45) is 4.30. The third-order valence-corrected chi connectivity index (χ3v) is 3.29. The van der Waals surface area contributed by atoms with Crippen LogP contribution in [0.3, 0.4) is 0 Å². The van der Waals surface area contributed by atoms with Crippen LogP contribution in [0.1, 0.15) is 18.9 Å². The molecule has 0 bridgehead atoms. The summed E-state index contributed by atoms with van der Waals surface area (Å²) in [7, 11) is 1.74. The van der Waals surface area contributed by atoms with Crippen molar-refractivity contribution in [1.82, 2.24) is 4.57 Å². The van der Waals surface area contributed by atoms with Crippen molar-refractivity contribution in [2.24, 2.45) is 0 Å². The molecule has 2 rings (SSSR count). The summed E-state index contributed by atoms with van der Waals surface area (Å²) in [5.41, 5.74) is 2.63. The highest BCUT2D eigenvalue weighted by Gasteiger charge is 2.07. The maximum atomic E-state index is 6.05. The molecule has 0 aliphatic carbocycles. The minimum atomic E-state index is 0.800. The van der Waals surface area contributed by atoms with Gasteiger partial charge < -0.3 is 9.30 Å². The number of halogens is 1. The molecule has 1 aromatic carbocycles. The fourth-order valence-corrected chi connectivity index (χ4v) is 2.36. The van der Waals surface area contributed by atoms with E-state index in [0.29, 0.717) is 0 Å². The lowest BCUT2D eigenvalue weighted by Gasteiger charge is -2.04. The molecule has 0 N–H and O–H groups in total. The summed E-state index contributed by atoms with van der Waals surface area (Å²) in [4.78, 5) is 0. The number of benzene rings is 1. The Morgan fingerprint density at radius 2 is 2.18 bits per heavy atom. The second-order valence-electron chi connectivity index (χ2n) is 4.21. The van der Waals surface area contributed by atoms with Gasteiger partial charge in [0.1, 0.15) is 0 Å². The predicted molar refractivity (Wildman–Crippen MR) is 72.8 cm³/mol. The van der Waals surface area contributed by atoms with Crippen molar-refractivity contribution >= 4 is 22.5 Å². The molecule has 1 heterocycles. The van der Waals surface area contributed by atoms with Crippen LogP contribution in [0.5, 0.6) is 0 Å². The average Bonchev–Trinajstić information content (AvgIpc) is 2.67. The Morgan fingerprint density at radius 1 is 1.35 bits per heavy atom. The van der Waals surface area contributed by atoms with E-state index >= 15 is 0 Å². The molecule has 0 amide bonds. The molecule has 0 aliphatic rings. The molecule has 2 aromatic rings. The van der Waals surface area contributed by atoms with Gasteiger partial charge in [-0.2, -0.15) is 0 Å². The van der Waals surface area contributed by atoms with Crippen LogP contribution in [-0.2, 0) is 17.7 Å². The number of aryl methyl sites for hydroxylation is 2. The Balaban J connectivity index is 2.35. The van der Waals surface area contributed by atoms with Crippen LogP contribution in [0.15, 0.2) is 24.4 Å². The van der Waals surface area contributed by atoms with E-state index in [1.807, 2.05) is 6.07 Å². The summed E-state index contributed by atoms with van der Waals surface area (Å²) in [5, 5.41) is 2.08. The second kappa shape index (κ2) is 5.56. The summed E-state index contributed by atoms with van der Waals surface area (Å²) in [6, 6.07) is 6.11. The quantitative estimate of drug-likeness (QED) is 0.736. The zero-order valence-corrected chi connectivity index (χ0v) is 11.1. The average molecular weight is 252 g/mol. The summed E-state index contributed by atoms with van der Waals surface area (Å²) < 4.78 is 7.39. The van der Waals surface area contributed by atoms with Gasteiger partial charge in [-0.15, -0.1) is 0 Å². The van der Waals surface area contributed by atoms with E-state index in [-0.39, 0.29) is 0 Å². The first-order valence-corrected chi connectivity index (χ1v) is 6.40. The first-order chi connectivity index (χ1) is 8.26. The Bertz CT molecular complexity index is 504. The Hall–Kier alpha value is -0.990. The minimum Gasteiger partial charge on any atom is -0.385 e. The third-order valence-electron chi connectivity index (χ3n) is 3.05. The largest absolute Gasteiger partial charge is 0.385 e. The van der Waals surface area contributed by atoms with E-state index < -0.39 is 0 Å². The van der Waals surface area contributed by atoms with Gasteiger partial charge in [0.05, 0.1) is 0 Å². The van der Waals surface area contributed by atoms with E-state index in [1.165, 1.54) is 16.5 Å². The number of hydrogen-bond acceptors (Lipinski definition) is 1. The number of methoxy groups -OCH3 is 1. The van der Waals surface area contributed by atoms with Gasteiger partial charge in [0.2, 0.25) is 0 Å². The summed E-state index contributed by atoms with van der Waals surface area (Å²) in [5.74, 6) is 0. The standard InChI is InChI=1S/C14H18ClNO/c1-3-11-10-16(7-4-8-17-2)14-6-5-12(15)9-13(11)14/h5-6,9-10H,3-4,7-8H2,1-2H3. The highest BCUT2D eigenvalue weighted by atomic mass is 35.5. The van der Waals surface area contributed by atoms with Gasteiger partial charge in [-0.25, -0.2) is 0 Å². The van der Waals surface area contributed by atoms with Gasteiger partial charge in [-0.3, -0.25) is 0 Å². The number of fused-ring (bicyclic) bond motifs is 1. The molecule has 0 saturated heterocycles. The van der Waals surface area contributed by atoms with E-state index in [4.69, 9.17) is 16.3 Å². The molecule has 2 nitrogen and oxygen atoms in total. The first-order valence-electron chi connectivity index (χ1n) is 6.02. The molecule has 0 atom stereocenters. The van der Waals surface area contributed by atoms with Gasteiger partial charge in [0, 0.05) is 42.4 Å². The molecule has 0 spiro atoms. The van der Waals surface area contributed by atoms with Crippen LogP contribution in [0.4, 0.5) is 0 Å². The van der Waals surface area contributed by atoms with E-state index in [1.54, 1.807) is 7.11 Å². The predicted octanol–water partition coefficient (Wildman–Crippen LogP) is 3.89. The number of ether oxygens (including phenoxy) is 1. The molecular weight excluding hydrogens is 234 g/mol. The molecule has 92 valence electrons. The van der Waals surface area contributed by atoms with Crippen molar-refractivity contribution in [2.75, 3.05) is 13.7 Å². The fourth-order valence-electron chi connectivity index (χ4n) is 2.19. The van der Waals surface area contributed by atoms with Gasteiger partial charge >= 0.3 is 0 Å². The number of aromatic nitrogens is 1. The van der Waals surface area contributed by atoms with Gasteiger partial charge in [-0.05, 0) is 36.6 Å². The molecular formula is C14H18ClNO. The highest BCUT2D eigenvalue weighted by Crippen LogP contribution is 2.25. The smallest absolute Gasteiger partial charge is 0.0484 e. The van der Waals surface area contributed by atoms with Crippen LogP contribution in [0.25, 0.3) is 10.9 Å². The monoisotopic (exact) mass is 251 g/mol. The van der Waals surface area contributed by atoms with E-state index in [0.717, 1.165) is 31.0 Å². The molecule has 0 aliphatic heterocycles. The second-order valence-corrected chi connectivity index (χ2v) is 4.65. The molecule has 17 heavy (non-hydrogen) atoms. The van der Waals surface area contributed by atoms with Crippen molar-refractivity contribution < 1.29 is 4.74 Å². The lowest BCUT2D eigenvalue weighted by atomic mass is 10.1. The number of hydrogen-bond donors (Lipinski definition) is 0. The fraction of sp³-hybridized carbons (Fsp3) is 0.429. The Labute approximate surface area is 107 Å². The summed E-state index contributed by atoms with van der Waals surface area (Å²) >= 11 is 6.05. The SMILES string of the molecule is CCc1cn(CCCOC)c2ccc(Cl)cc12. The van der Waals surface area contributed by atoms with E-state index in [9.17, 15) is 0 Å². The summed E-state index contributed by atoms with van der Waals surface area (Å²) in [6.45, 7) is 3.97. The van der Waals surface area contributed by atoms with E-state index in [2.05, 4.69) is 29.8 Å². The van der Waals surface area contributed by atoms with Gasteiger partial charge in [0.25, 0.3) is 0 Å². The third kappa shape index (κ3) is 2.64. The lowest BCUT2D eigenvalue weighted by molar-refractivity contribution is 0.190. The van der Waals surface area contributed by atoms with Crippen LogP contribution < -0.4 is 0 Å². The molecule has 0 saturated carbocycles. The molecule has 1 aromatic heterocycles. The van der Waals surface area contributed by atoms with Crippen LogP contribution in [0.2, 0.25) is 5.02 Å². The first kappa shape index (κ1) is 12.5. The van der Waals surface area contributed by atoms with Crippen molar-refractivity contribution in [1.29, 1.82) is 0 Å². The zero-order valence-electron chi connectivity index (χ0n) is 10.4. The molecule has 0 unspecified atom stereocenters. The molecule has 0 fully saturated rings. The van der Waals surface area contributed by atoms with Crippen LogP contribution >= 0.6 is 11.6 Å². The van der Waals surface area contributed by atoms with Gasteiger partial charge in [-0.1, -0.05) is 18.5 Å². The van der Waals surface area contributed by atoms with Crippen LogP contribution in [-0.4, -0.2) is 18.3 Å². The molecule has 0 radical (unpaired) electrons. The maximum absolute atomic E-state index is 6.05. The van der Waals surface area contributed by atoms with Crippen molar-refractivity contribution in [3.8, 4) is 0 Å². The molecule has 3 heteroatoms. The minimum absolute atomic E-state index is 0.800. The van der Waals surface area contributed by atoms with Crippen molar-refractivity contribution in [3.05, 3.63) is 35.0 Å². The van der Waals surface area contributed by atoms with Crippen molar-refractivity contribution in [2.45, 2.75) is 26.3 Å². The van der Waals surface area contributed by atoms with Gasteiger partial charge in [0.15, 0.2) is 0 Å². The lowest BCUT2D eigenvalue weighted by Crippen LogP contribution is -1.99. The highest BCUT2D eigenvalue weighted by molar-refractivity contribution is 6.31. The number of nitrogens with zero attached hydrogens (tertiary/aromatic N) is 1. The zero-order chi connectivity index (χ0) is 12.3.